The number of aromatic nitrogens is 1. The Morgan fingerprint density at radius 2 is 2.00 bits per heavy atom. The zero-order valence-corrected chi connectivity index (χ0v) is 10.2. The van der Waals surface area contributed by atoms with E-state index in [9.17, 15) is 9.59 Å². The molecule has 1 aliphatic rings. The number of carbonyl (C=O) groups excluding carboxylic acids is 1. The summed E-state index contributed by atoms with van der Waals surface area (Å²) >= 11 is 0. The van der Waals surface area contributed by atoms with Crippen LogP contribution in [0.25, 0.3) is 10.9 Å². The molecule has 0 radical (unpaired) electrons. The monoisotopic (exact) mass is 258 g/mol. The lowest BCUT2D eigenvalue weighted by molar-refractivity contribution is -0.145. The molecule has 1 aliphatic carbocycles. The maximum absolute atomic E-state index is 12.0. The van der Waals surface area contributed by atoms with Gasteiger partial charge in [0.25, 0.3) is 5.91 Å². The van der Waals surface area contributed by atoms with Crippen LogP contribution in [0.1, 0.15) is 23.3 Å². The number of aliphatic carboxylic acids is 1. The van der Waals surface area contributed by atoms with Crippen molar-refractivity contribution in [2.24, 2.45) is 5.92 Å². The highest BCUT2D eigenvalue weighted by atomic mass is 16.4. The van der Waals surface area contributed by atoms with Crippen LogP contribution in [0.3, 0.4) is 0 Å². The van der Waals surface area contributed by atoms with E-state index in [1.165, 1.54) is 0 Å². The summed E-state index contributed by atoms with van der Waals surface area (Å²) in [7, 11) is 0. The molecule has 3 rings (SSSR count). The third-order valence-electron chi connectivity index (χ3n) is 3.60. The van der Waals surface area contributed by atoms with Crippen molar-refractivity contribution in [2.75, 3.05) is 0 Å². The minimum absolute atomic E-state index is 0.0278. The lowest BCUT2D eigenvalue weighted by atomic mass is 9.80. The van der Waals surface area contributed by atoms with E-state index >= 15 is 0 Å². The fraction of sp³-hybridized carbons (Fsp3) is 0.286. The number of para-hydroxylation sites is 1. The molecule has 0 saturated heterocycles. The third kappa shape index (κ3) is 2.19. The molecule has 0 unspecified atom stereocenters. The molecule has 3 N–H and O–H groups in total. The van der Waals surface area contributed by atoms with Crippen LogP contribution in [0.5, 0.6) is 0 Å². The highest BCUT2D eigenvalue weighted by Crippen LogP contribution is 2.27. The van der Waals surface area contributed by atoms with Crippen LogP contribution >= 0.6 is 0 Å². The molecule has 0 atom stereocenters. The van der Waals surface area contributed by atoms with E-state index in [0.29, 0.717) is 18.5 Å². The molecule has 0 spiro atoms. The van der Waals surface area contributed by atoms with Crippen molar-refractivity contribution >= 4 is 22.8 Å². The zero-order valence-electron chi connectivity index (χ0n) is 10.2. The SMILES string of the molecule is O=C(NC1CC(C(=O)O)C1)c1cc2ccccc2[nH]1. The summed E-state index contributed by atoms with van der Waals surface area (Å²) in [6, 6.07) is 9.45. The van der Waals surface area contributed by atoms with E-state index in [1.54, 1.807) is 6.07 Å². The van der Waals surface area contributed by atoms with Crippen LogP contribution < -0.4 is 5.32 Å². The number of carbonyl (C=O) groups is 2. The van der Waals surface area contributed by atoms with Gasteiger partial charge in [0, 0.05) is 16.9 Å². The molecule has 1 aromatic carbocycles. The van der Waals surface area contributed by atoms with Gasteiger partial charge >= 0.3 is 5.97 Å². The van der Waals surface area contributed by atoms with Gasteiger partial charge in [-0.25, -0.2) is 0 Å². The molecule has 19 heavy (non-hydrogen) atoms. The maximum atomic E-state index is 12.0. The largest absolute Gasteiger partial charge is 0.481 e. The number of carboxylic acid groups (broad SMARTS) is 1. The summed E-state index contributed by atoms with van der Waals surface area (Å²) in [6.45, 7) is 0. The van der Waals surface area contributed by atoms with Gasteiger partial charge in [-0.3, -0.25) is 9.59 Å². The maximum Gasteiger partial charge on any atom is 0.306 e. The number of carboxylic acids is 1. The van der Waals surface area contributed by atoms with Crippen molar-refractivity contribution in [1.82, 2.24) is 10.3 Å². The predicted molar refractivity (Wildman–Crippen MR) is 69.9 cm³/mol. The summed E-state index contributed by atoms with van der Waals surface area (Å²) in [5.74, 6) is -1.27. The van der Waals surface area contributed by atoms with Gasteiger partial charge in [0.2, 0.25) is 0 Å². The number of hydrogen-bond acceptors (Lipinski definition) is 2. The average molecular weight is 258 g/mol. The number of H-pyrrole nitrogens is 1. The number of amides is 1. The van der Waals surface area contributed by atoms with Crippen molar-refractivity contribution < 1.29 is 14.7 Å². The first-order valence-corrected chi connectivity index (χ1v) is 6.25. The highest BCUT2D eigenvalue weighted by Gasteiger charge is 2.35. The molecule has 98 valence electrons. The molecule has 0 bridgehead atoms. The Hall–Kier alpha value is -2.30. The van der Waals surface area contributed by atoms with Gasteiger partial charge in [-0.05, 0) is 25.0 Å². The van der Waals surface area contributed by atoms with E-state index in [0.717, 1.165) is 10.9 Å². The van der Waals surface area contributed by atoms with Crippen LogP contribution in [-0.2, 0) is 4.79 Å². The summed E-state index contributed by atoms with van der Waals surface area (Å²) in [5, 5.41) is 12.6. The number of hydrogen-bond donors (Lipinski definition) is 3. The van der Waals surface area contributed by atoms with Gasteiger partial charge in [-0.15, -0.1) is 0 Å². The van der Waals surface area contributed by atoms with Gasteiger partial charge in [-0.1, -0.05) is 18.2 Å². The molecule has 1 aromatic heterocycles. The van der Waals surface area contributed by atoms with Gasteiger partial charge in [0.05, 0.1) is 5.92 Å². The number of benzene rings is 1. The molecule has 5 nitrogen and oxygen atoms in total. The minimum atomic E-state index is -0.781. The predicted octanol–water partition coefficient (Wildman–Crippen LogP) is 1.76. The smallest absolute Gasteiger partial charge is 0.306 e. The second-order valence-corrected chi connectivity index (χ2v) is 4.95. The molecule has 5 heteroatoms. The lowest BCUT2D eigenvalue weighted by Crippen LogP contribution is -2.46. The second-order valence-electron chi connectivity index (χ2n) is 4.95. The molecule has 1 saturated carbocycles. The normalized spacial score (nSPS) is 21.9. The number of rotatable bonds is 3. The Kier molecular flexibility index (Phi) is 2.74. The molecule has 0 aliphatic heterocycles. The topological polar surface area (TPSA) is 82.2 Å². The lowest BCUT2D eigenvalue weighted by Gasteiger charge is -2.32. The summed E-state index contributed by atoms with van der Waals surface area (Å²) < 4.78 is 0. The Bertz CT molecular complexity index is 608. The third-order valence-corrected chi connectivity index (χ3v) is 3.60. The van der Waals surface area contributed by atoms with E-state index in [2.05, 4.69) is 10.3 Å². The van der Waals surface area contributed by atoms with E-state index in [-0.39, 0.29) is 17.9 Å². The highest BCUT2D eigenvalue weighted by molar-refractivity contribution is 5.98. The van der Waals surface area contributed by atoms with Gasteiger partial charge in [-0.2, -0.15) is 0 Å². The molecule has 1 heterocycles. The zero-order chi connectivity index (χ0) is 13.4. The van der Waals surface area contributed by atoms with Crippen molar-refractivity contribution in [2.45, 2.75) is 18.9 Å². The first-order chi connectivity index (χ1) is 9.13. The van der Waals surface area contributed by atoms with Gasteiger partial charge < -0.3 is 15.4 Å². The summed E-state index contributed by atoms with van der Waals surface area (Å²) in [5.41, 5.74) is 1.43. The Morgan fingerprint density at radius 3 is 2.68 bits per heavy atom. The fourth-order valence-corrected chi connectivity index (χ4v) is 2.40. The van der Waals surface area contributed by atoms with Crippen molar-refractivity contribution in [3.05, 3.63) is 36.0 Å². The summed E-state index contributed by atoms with van der Waals surface area (Å²) in [6.07, 6.45) is 1.03. The van der Waals surface area contributed by atoms with Gasteiger partial charge in [0.15, 0.2) is 0 Å². The van der Waals surface area contributed by atoms with Crippen LogP contribution in [-0.4, -0.2) is 28.0 Å². The molecule has 2 aromatic rings. The van der Waals surface area contributed by atoms with Crippen LogP contribution in [0.2, 0.25) is 0 Å². The average Bonchev–Trinajstić information content (AvgIpc) is 2.76. The van der Waals surface area contributed by atoms with E-state index in [1.807, 2.05) is 24.3 Å². The first-order valence-electron chi connectivity index (χ1n) is 6.25. The molecular formula is C14H14N2O3. The van der Waals surface area contributed by atoms with Crippen LogP contribution in [0.15, 0.2) is 30.3 Å². The second kappa shape index (κ2) is 4.42. The van der Waals surface area contributed by atoms with Crippen LogP contribution in [0.4, 0.5) is 0 Å². The number of fused-ring (bicyclic) bond motifs is 1. The Morgan fingerprint density at radius 1 is 1.26 bits per heavy atom. The fourth-order valence-electron chi connectivity index (χ4n) is 2.40. The molecule has 1 fully saturated rings. The molecule has 1 amide bonds. The Labute approximate surface area is 109 Å². The van der Waals surface area contributed by atoms with Gasteiger partial charge in [0.1, 0.15) is 5.69 Å². The van der Waals surface area contributed by atoms with E-state index in [4.69, 9.17) is 5.11 Å². The van der Waals surface area contributed by atoms with E-state index < -0.39 is 5.97 Å². The first kappa shape index (κ1) is 11.8. The summed E-state index contributed by atoms with van der Waals surface area (Å²) in [4.78, 5) is 25.7. The van der Waals surface area contributed by atoms with Crippen LogP contribution in [0, 0.1) is 5.92 Å². The number of nitrogens with one attached hydrogen (secondary N) is 2. The number of aromatic amines is 1. The quantitative estimate of drug-likeness (QED) is 0.784. The Balaban J connectivity index is 1.66. The minimum Gasteiger partial charge on any atom is -0.481 e. The van der Waals surface area contributed by atoms with Crippen molar-refractivity contribution in [1.29, 1.82) is 0 Å². The standard InChI is InChI=1S/C14H14N2O3/c17-13(15-10-5-9(6-10)14(18)19)12-7-8-3-1-2-4-11(8)16-12/h1-4,7,9-10,16H,5-6H2,(H,15,17)(H,18,19). The van der Waals surface area contributed by atoms with Crippen molar-refractivity contribution in [3.63, 3.8) is 0 Å². The molecular weight excluding hydrogens is 244 g/mol. The van der Waals surface area contributed by atoms with Crippen molar-refractivity contribution in [3.8, 4) is 0 Å².